The number of nitrogens with zero attached hydrogens (tertiary/aromatic N) is 6. The number of benzene rings is 2. The summed E-state index contributed by atoms with van der Waals surface area (Å²) < 4.78 is 21.9. The highest BCUT2D eigenvalue weighted by Gasteiger charge is 2.38. The molecule has 7 rings (SSSR count). The van der Waals surface area contributed by atoms with Crippen molar-refractivity contribution in [2.75, 3.05) is 5.32 Å². The second-order valence-corrected chi connectivity index (χ2v) is 11.2. The number of fused-ring (bicyclic) bond motifs is 4. The van der Waals surface area contributed by atoms with Crippen LogP contribution in [0.5, 0.6) is 11.5 Å². The summed E-state index contributed by atoms with van der Waals surface area (Å²) in [5.41, 5.74) is 6.91. The van der Waals surface area contributed by atoms with Crippen molar-refractivity contribution >= 4 is 45.1 Å². The molecule has 216 valence electrons. The average Bonchev–Trinajstić information content (AvgIpc) is 3.37. The summed E-state index contributed by atoms with van der Waals surface area (Å²) in [6, 6.07) is 15.4. The van der Waals surface area contributed by atoms with E-state index in [4.69, 9.17) is 9.72 Å². The highest BCUT2D eigenvalue weighted by molar-refractivity contribution is 5.92. The molecule has 5 aromatic rings. The number of hydrogen-bond donors (Lipinski definition) is 1. The fourth-order valence-corrected chi connectivity index (χ4v) is 6.17. The van der Waals surface area contributed by atoms with Gasteiger partial charge < -0.3 is 19.5 Å². The van der Waals surface area contributed by atoms with Crippen LogP contribution < -0.4 is 10.1 Å². The lowest BCUT2D eigenvalue weighted by Crippen LogP contribution is -2.51. The van der Waals surface area contributed by atoms with Crippen molar-refractivity contribution in [2.24, 2.45) is 7.05 Å². The van der Waals surface area contributed by atoms with Crippen LogP contribution in [0.4, 0.5) is 15.9 Å². The zero-order chi connectivity index (χ0) is 29.7. The first-order valence-electron chi connectivity index (χ1n) is 14.3. The zero-order valence-corrected chi connectivity index (χ0v) is 23.9. The molecule has 2 atom stereocenters. The zero-order valence-electron chi connectivity index (χ0n) is 23.9. The third-order valence-corrected chi connectivity index (χ3v) is 8.28. The van der Waals surface area contributed by atoms with Gasteiger partial charge in [0, 0.05) is 24.8 Å². The topological polar surface area (TPSA) is 98.1 Å². The highest BCUT2D eigenvalue weighted by atomic mass is 19.1. The van der Waals surface area contributed by atoms with E-state index < -0.39 is 11.7 Å². The molecule has 2 unspecified atom stereocenters. The van der Waals surface area contributed by atoms with Gasteiger partial charge in [0.15, 0.2) is 11.6 Å². The van der Waals surface area contributed by atoms with Gasteiger partial charge in [0.25, 0.3) is 5.91 Å². The second kappa shape index (κ2) is 10.6. The normalized spacial score (nSPS) is 18.0. The SMILES string of the molecule is C=C(F)C(=O)N1C2C=C(c3ccc4ncnc(Nc5ccc(Oc6ccc7c(c6)ncn7C)c(C)c5)c4n3)CC1CCC2. The number of nitrogens with one attached hydrogen (secondary N) is 1. The van der Waals surface area contributed by atoms with Crippen LogP contribution in [0.15, 0.2) is 79.7 Å². The van der Waals surface area contributed by atoms with Gasteiger partial charge >= 0.3 is 0 Å². The van der Waals surface area contributed by atoms with E-state index in [0.29, 0.717) is 23.3 Å². The van der Waals surface area contributed by atoms with Gasteiger partial charge in [-0.3, -0.25) is 4.79 Å². The van der Waals surface area contributed by atoms with E-state index >= 15 is 0 Å². The molecular weight excluding hydrogens is 545 g/mol. The number of ether oxygens (including phenoxy) is 1. The summed E-state index contributed by atoms with van der Waals surface area (Å²) in [4.78, 5) is 32.5. The Bertz CT molecular complexity index is 1950. The maximum absolute atomic E-state index is 13.8. The minimum absolute atomic E-state index is 0.0737. The number of imidazole rings is 1. The number of aromatic nitrogens is 5. The highest BCUT2D eigenvalue weighted by Crippen LogP contribution is 2.38. The van der Waals surface area contributed by atoms with Crippen LogP contribution in [-0.2, 0) is 11.8 Å². The van der Waals surface area contributed by atoms with E-state index in [1.165, 1.54) is 6.33 Å². The molecule has 0 radical (unpaired) electrons. The van der Waals surface area contributed by atoms with Gasteiger partial charge in [-0.1, -0.05) is 12.7 Å². The fraction of sp³-hybridized carbons (Fsp3) is 0.242. The van der Waals surface area contributed by atoms with Crippen molar-refractivity contribution in [2.45, 2.75) is 44.7 Å². The minimum atomic E-state index is -0.911. The maximum Gasteiger partial charge on any atom is 0.282 e. The van der Waals surface area contributed by atoms with E-state index in [2.05, 4.69) is 32.9 Å². The van der Waals surface area contributed by atoms with Crippen LogP contribution in [0.2, 0.25) is 0 Å². The van der Waals surface area contributed by atoms with Crippen LogP contribution in [0.1, 0.15) is 36.9 Å². The molecule has 5 heterocycles. The Labute approximate surface area is 247 Å². The van der Waals surface area contributed by atoms with Gasteiger partial charge in [0.05, 0.1) is 34.6 Å². The van der Waals surface area contributed by atoms with E-state index in [9.17, 15) is 9.18 Å². The quantitative estimate of drug-likeness (QED) is 0.223. The lowest BCUT2D eigenvalue weighted by Gasteiger charge is -2.44. The number of amides is 1. The van der Waals surface area contributed by atoms with Crippen LogP contribution >= 0.6 is 0 Å². The van der Waals surface area contributed by atoms with Gasteiger partial charge in [0.2, 0.25) is 0 Å². The number of carbonyl (C=O) groups excluding carboxylic acids is 1. The number of anilines is 2. The lowest BCUT2D eigenvalue weighted by atomic mass is 9.83. The maximum atomic E-state index is 13.8. The Hall–Kier alpha value is -5.12. The molecule has 1 fully saturated rings. The third-order valence-electron chi connectivity index (χ3n) is 8.28. The van der Waals surface area contributed by atoms with Crippen LogP contribution in [-0.4, -0.2) is 47.4 Å². The molecule has 9 nitrogen and oxygen atoms in total. The molecule has 1 amide bonds. The van der Waals surface area contributed by atoms with E-state index in [-0.39, 0.29) is 12.1 Å². The van der Waals surface area contributed by atoms with Crippen molar-refractivity contribution in [1.29, 1.82) is 0 Å². The summed E-state index contributed by atoms with van der Waals surface area (Å²) in [5.74, 6) is 0.524. The number of hydrogen-bond acceptors (Lipinski definition) is 7. The van der Waals surface area contributed by atoms with Crippen molar-refractivity contribution in [3.05, 3.63) is 90.9 Å². The number of aryl methyl sites for hydroxylation is 2. The molecule has 2 bridgehead atoms. The average molecular weight is 576 g/mol. The molecule has 2 aliphatic rings. The molecule has 1 saturated heterocycles. The Morgan fingerprint density at radius 3 is 2.77 bits per heavy atom. The number of carbonyl (C=O) groups is 1. The monoisotopic (exact) mass is 575 g/mol. The van der Waals surface area contributed by atoms with Crippen LogP contribution in [0, 0.1) is 6.92 Å². The molecule has 0 spiro atoms. The number of pyridine rings is 1. The summed E-state index contributed by atoms with van der Waals surface area (Å²) in [6.07, 6.45) is 8.58. The third kappa shape index (κ3) is 4.98. The first-order chi connectivity index (χ1) is 20.8. The molecule has 2 aliphatic heterocycles. The molecule has 10 heteroatoms. The smallest absolute Gasteiger partial charge is 0.282 e. The van der Waals surface area contributed by atoms with Gasteiger partial charge in [0.1, 0.15) is 23.3 Å². The van der Waals surface area contributed by atoms with Crippen LogP contribution in [0.3, 0.4) is 0 Å². The number of halogens is 1. The largest absolute Gasteiger partial charge is 0.457 e. The van der Waals surface area contributed by atoms with E-state index in [0.717, 1.165) is 64.3 Å². The minimum Gasteiger partial charge on any atom is -0.457 e. The molecule has 1 N–H and O–H groups in total. The van der Waals surface area contributed by atoms with Gasteiger partial charge in [-0.15, -0.1) is 0 Å². The van der Waals surface area contributed by atoms with Gasteiger partial charge in [-0.25, -0.2) is 24.3 Å². The molecule has 0 aliphatic carbocycles. The number of rotatable bonds is 6. The summed E-state index contributed by atoms with van der Waals surface area (Å²) in [5, 5.41) is 3.40. The first-order valence-corrected chi connectivity index (χ1v) is 14.3. The molecule has 43 heavy (non-hydrogen) atoms. The van der Waals surface area contributed by atoms with Crippen molar-refractivity contribution < 1.29 is 13.9 Å². The summed E-state index contributed by atoms with van der Waals surface area (Å²) in [7, 11) is 1.96. The molecular formula is C33H30FN7O2. The Kier molecular flexibility index (Phi) is 6.61. The van der Waals surface area contributed by atoms with Crippen LogP contribution in [0.25, 0.3) is 27.6 Å². The summed E-state index contributed by atoms with van der Waals surface area (Å²) in [6.45, 7) is 5.22. The Morgan fingerprint density at radius 2 is 1.95 bits per heavy atom. The standard InChI is InChI=1S/C33H30FN7O2/c1-19-13-22(7-12-30(19)43-25-8-11-29-28(16-25)37-18-40(29)3)38-32-31-27(35-17-36-32)10-9-26(39-31)21-14-23-5-4-6-24(15-21)41(23)33(42)20(2)34/h7-14,16-18,23-24H,2,4-6,15H2,1,3H3,(H,35,36,38). The summed E-state index contributed by atoms with van der Waals surface area (Å²) >= 11 is 0. The molecule has 0 saturated carbocycles. The van der Waals surface area contributed by atoms with Gasteiger partial charge in [-0.05, 0) is 86.2 Å². The van der Waals surface area contributed by atoms with E-state index in [1.807, 2.05) is 67.1 Å². The number of piperidine rings is 1. The second-order valence-electron chi connectivity index (χ2n) is 11.2. The van der Waals surface area contributed by atoms with Crippen molar-refractivity contribution in [3.8, 4) is 11.5 Å². The predicted octanol–water partition coefficient (Wildman–Crippen LogP) is 6.78. The molecule has 3 aromatic heterocycles. The lowest BCUT2D eigenvalue weighted by molar-refractivity contribution is -0.134. The fourth-order valence-electron chi connectivity index (χ4n) is 6.17. The van der Waals surface area contributed by atoms with Crippen molar-refractivity contribution in [3.63, 3.8) is 0 Å². The first kappa shape index (κ1) is 26.8. The Morgan fingerprint density at radius 1 is 1.07 bits per heavy atom. The predicted molar refractivity (Wildman–Crippen MR) is 164 cm³/mol. The van der Waals surface area contributed by atoms with E-state index in [1.54, 1.807) is 11.2 Å². The molecule has 2 aromatic carbocycles. The van der Waals surface area contributed by atoms with Crippen molar-refractivity contribution in [1.82, 2.24) is 29.4 Å². The van der Waals surface area contributed by atoms with Gasteiger partial charge in [-0.2, -0.15) is 0 Å². The Balaban J connectivity index is 1.14.